The second-order valence-corrected chi connectivity index (χ2v) is 7.45. The van der Waals surface area contributed by atoms with Crippen molar-refractivity contribution < 1.29 is 19.1 Å². The number of carbonyl (C=O) groups is 2. The fourth-order valence-corrected chi connectivity index (χ4v) is 3.26. The molecule has 3 rings (SSSR count). The maximum absolute atomic E-state index is 13.1. The van der Waals surface area contributed by atoms with Crippen LogP contribution >= 0.6 is 0 Å². The van der Waals surface area contributed by atoms with Gasteiger partial charge in [0, 0.05) is 37.9 Å². The van der Waals surface area contributed by atoms with Gasteiger partial charge in [-0.25, -0.2) is 4.98 Å². The van der Waals surface area contributed by atoms with Crippen LogP contribution in [0.2, 0.25) is 0 Å². The summed E-state index contributed by atoms with van der Waals surface area (Å²) in [6.07, 6.45) is 2.78. The van der Waals surface area contributed by atoms with Gasteiger partial charge in [0.1, 0.15) is 0 Å². The first-order valence-corrected chi connectivity index (χ1v) is 10.4. The third-order valence-corrected chi connectivity index (χ3v) is 4.72. The monoisotopic (exact) mass is 411 g/mol. The zero-order valence-corrected chi connectivity index (χ0v) is 17.5. The van der Waals surface area contributed by atoms with Crippen molar-refractivity contribution in [2.75, 3.05) is 24.6 Å². The molecule has 2 aromatic rings. The van der Waals surface area contributed by atoms with Gasteiger partial charge >= 0.3 is 0 Å². The van der Waals surface area contributed by atoms with Crippen LogP contribution in [0.4, 0.5) is 5.82 Å². The van der Waals surface area contributed by atoms with E-state index in [2.05, 4.69) is 10.3 Å². The van der Waals surface area contributed by atoms with Crippen molar-refractivity contribution in [3.63, 3.8) is 0 Å². The summed E-state index contributed by atoms with van der Waals surface area (Å²) in [4.78, 5) is 31.2. The molecule has 2 heterocycles. The summed E-state index contributed by atoms with van der Waals surface area (Å²) in [5.74, 6) is 0.876. The van der Waals surface area contributed by atoms with Crippen molar-refractivity contribution in [1.29, 1.82) is 0 Å². The normalized spacial score (nSPS) is 15.6. The SMILES string of the molecule is CC(C)OCCCNC(=O)CCCN1C(=O)[C@H](c2ccccc2)Oc2cccnc21. The van der Waals surface area contributed by atoms with Crippen molar-refractivity contribution in [1.82, 2.24) is 10.3 Å². The molecule has 160 valence electrons. The molecule has 0 saturated heterocycles. The van der Waals surface area contributed by atoms with Gasteiger partial charge in [-0.05, 0) is 38.8 Å². The minimum Gasteiger partial charge on any atom is -0.472 e. The van der Waals surface area contributed by atoms with Gasteiger partial charge in [0.05, 0.1) is 6.10 Å². The van der Waals surface area contributed by atoms with E-state index in [4.69, 9.17) is 9.47 Å². The number of rotatable bonds is 10. The lowest BCUT2D eigenvalue weighted by Crippen LogP contribution is -2.42. The molecule has 0 saturated carbocycles. The topological polar surface area (TPSA) is 80.8 Å². The molecule has 0 radical (unpaired) electrons. The molecule has 0 bridgehead atoms. The highest BCUT2D eigenvalue weighted by molar-refractivity contribution is 5.99. The molecule has 1 aromatic carbocycles. The first kappa shape index (κ1) is 21.8. The standard InChI is InChI=1S/C23H29N3O4/c1-17(2)29-16-8-14-24-20(27)12-7-15-26-22-19(11-6-13-25-22)30-21(23(26)28)18-9-4-3-5-10-18/h3-6,9-11,13,17,21H,7-8,12,14-16H2,1-2H3,(H,24,27)/t21-/m0/s1. The minimum atomic E-state index is -0.710. The first-order chi connectivity index (χ1) is 14.6. The lowest BCUT2D eigenvalue weighted by atomic mass is 10.1. The smallest absolute Gasteiger partial charge is 0.274 e. The van der Waals surface area contributed by atoms with E-state index in [0.717, 1.165) is 12.0 Å². The number of anilines is 1. The van der Waals surface area contributed by atoms with E-state index in [-0.39, 0.29) is 17.9 Å². The van der Waals surface area contributed by atoms with E-state index >= 15 is 0 Å². The van der Waals surface area contributed by atoms with E-state index in [9.17, 15) is 9.59 Å². The fourth-order valence-electron chi connectivity index (χ4n) is 3.26. The third kappa shape index (κ3) is 5.79. The van der Waals surface area contributed by atoms with Gasteiger partial charge in [0.15, 0.2) is 11.6 Å². The number of nitrogens with one attached hydrogen (secondary N) is 1. The van der Waals surface area contributed by atoms with E-state index < -0.39 is 6.10 Å². The summed E-state index contributed by atoms with van der Waals surface area (Å²) in [6.45, 7) is 5.59. The average Bonchev–Trinajstić information content (AvgIpc) is 2.75. The molecule has 1 N–H and O–H groups in total. The van der Waals surface area contributed by atoms with Gasteiger partial charge in [-0.2, -0.15) is 0 Å². The van der Waals surface area contributed by atoms with Crippen LogP contribution in [0.5, 0.6) is 5.75 Å². The van der Waals surface area contributed by atoms with Crippen LogP contribution in [-0.4, -0.2) is 42.6 Å². The molecule has 0 spiro atoms. The molecule has 7 heteroatoms. The Bertz CT molecular complexity index is 841. The highest BCUT2D eigenvalue weighted by Crippen LogP contribution is 2.37. The summed E-state index contributed by atoms with van der Waals surface area (Å²) in [6, 6.07) is 13.0. The lowest BCUT2D eigenvalue weighted by Gasteiger charge is -2.33. The van der Waals surface area contributed by atoms with Crippen LogP contribution in [0, 0.1) is 0 Å². The van der Waals surface area contributed by atoms with E-state index in [1.807, 2.05) is 50.2 Å². The first-order valence-electron chi connectivity index (χ1n) is 10.4. The number of benzene rings is 1. The summed E-state index contributed by atoms with van der Waals surface area (Å²) < 4.78 is 11.4. The molecule has 0 aliphatic carbocycles. The van der Waals surface area contributed by atoms with Crippen molar-refractivity contribution >= 4 is 17.6 Å². The van der Waals surface area contributed by atoms with Gasteiger partial charge in [0.2, 0.25) is 12.0 Å². The minimum absolute atomic E-state index is 0.0268. The van der Waals surface area contributed by atoms with Crippen LogP contribution in [0.1, 0.15) is 44.8 Å². The number of aromatic nitrogens is 1. The van der Waals surface area contributed by atoms with Gasteiger partial charge in [-0.15, -0.1) is 0 Å². The van der Waals surface area contributed by atoms with Crippen LogP contribution in [-0.2, 0) is 14.3 Å². The molecule has 1 atom stereocenters. The highest BCUT2D eigenvalue weighted by Gasteiger charge is 2.36. The summed E-state index contributed by atoms with van der Waals surface area (Å²) in [5.41, 5.74) is 0.795. The van der Waals surface area contributed by atoms with Gasteiger partial charge in [0.25, 0.3) is 5.91 Å². The predicted molar refractivity (Wildman–Crippen MR) is 114 cm³/mol. The zero-order chi connectivity index (χ0) is 21.3. The van der Waals surface area contributed by atoms with Crippen LogP contribution < -0.4 is 15.0 Å². The molecule has 1 aliphatic rings. The summed E-state index contributed by atoms with van der Waals surface area (Å²) in [5, 5.41) is 2.90. The Hall–Kier alpha value is -2.93. The van der Waals surface area contributed by atoms with E-state index in [1.165, 1.54) is 0 Å². The van der Waals surface area contributed by atoms with Crippen molar-refractivity contribution in [2.24, 2.45) is 0 Å². The number of hydrogen-bond acceptors (Lipinski definition) is 5. The highest BCUT2D eigenvalue weighted by atomic mass is 16.5. The van der Waals surface area contributed by atoms with E-state index in [0.29, 0.717) is 44.1 Å². The second kappa shape index (κ2) is 10.7. The molecule has 1 aliphatic heterocycles. The number of fused-ring (bicyclic) bond motifs is 1. The number of hydrogen-bond donors (Lipinski definition) is 1. The van der Waals surface area contributed by atoms with E-state index in [1.54, 1.807) is 17.2 Å². The maximum atomic E-state index is 13.1. The van der Waals surface area contributed by atoms with Gasteiger partial charge in [-0.1, -0.05) is 30.3 Å². The molecular formula is C23H29N3O4. The molecule has 0 fully saturated rings. The Morgan fingerprint density at radius 2 is 2.00 bits per heavy atom. The van der Waals surface area contributed by atoms with Crippen LogP contribution in [0.15, 0.2) is 48.7 Å². The van der Waals surface area contributed by atoms with Crippen molar-refractivity contribution in [3.8, 4) is 5.75 Å². The Balaban J connectivity index is 1.55. The largest absolute Gasteiger partial charge is 0.472 e. The number of nitrogens with zero attached hydrogens (tertiary/aromatic N) is 2. The van der Waals surface area contributed by atoms with Gasteiger partial charge in [-0.3, -0.25) is 14.5 Å². The Morgan fingerprint density at radius 3 is 2.77 bits per heavy atom. The molecular weight excluding hydrogens is 382 g/mol. The van der Waals surface area contributed by atoms with Gasteiger partial charge < -0.3 is 14.8 Å². The number of pyridine rings is 1. The van der Waals surface area contributed by atoms with Crippen molar-refractivity contribution in [3.05, 3.63) is 54.2 Å². The quantitative estimate of drug-likeness (QED) is 0.607. The predicted octanol–water partition coefficient (Wildman–Crippen LogP) is 3.26. The summed E-state index contributed by atoms with van der Waals surface area (Å²) in [7, 11) is 0. The van der Waals surface area contributed by atoms with Crippen molar-refractivity contribution in [2.45, 2.75) is 45.3 Å². The Morgan fingerprint density at radius 1 is 1.20 bits per heavy atom. The maximum Gasteiger partial charge on any atom is 0.274 e. The zero-order valence-electron chi connectivity index (χ0n) is 17.5. The lowest BCUT2D eigenvalue weighted by molar-refractivity contribution is -0.127. The average molecular weight is 412 g/mol. The Labute approximate surface area is 177 Å². The number of carbonyl (C=O) groups excluding carboxylic acids is 2. The van der Waals surface area contributed by atoms with Crippen LogP contribution in [0.25, 0.3) is 0 Å². The molecule has 0 unspecified atom stereocenters. The molecule has 2 amide bonds. The molecule has 1 aromatic heterocycles. The molecule has 7 nitrogen and oxygen atoms in total. The number of amides is 2. The third-order valence-electron chi connectivity index (χ3n) is 4.72. The fraction of sp³-hybridized carbons (Fsp3) is 0.435. The second-order valence-electron chi connectivity index (χ2n) is 7.45. The number of ether oxygens (including phenoxy) is 2. The molecule has 30 heavy (non-hydrogen) atoms. The Kier molecular flexibility index (Phi) is 7.79. The summed E-state index contributed by atoms with van der Waals surface area (Å²) >= 11 is 0. The van der Waals surface area contributed by atoms with Crippen LogP contribution in [0.3, 0.4) is 0 Å².